The summed E-state index contributed by atoms with van der Waals surface area (Å²) < 4.78 is 20.3. The molecule has 0 aromatic carbocycles. The average molecular weight is 231 g/mol. The fraction of sp³-hybridized carbons (Fsp3) is 0.818. The van der Waals surface area contributed by atoms with E-state index >= 15 is 0 Å². The molecule has 1 aliphatic heterocycles. The van der Waals surface area contributed by atoms with Gasteiger partial charge in [-0.25, -0.2) is 4.67 Å². The number of hydrogen-bond donors (Lipinski definition) is 0. The smallest absolute Gasteiger partial charge is 0.276 e. The Hall–Kier alpha value is -0.110. The van der Waals surface area contributed by atoms with Crippen molar-refractivity contribution in [3.8, 4) is 0 Å². The van der Waals surface area contributed by atoms with E-state index < -0.39 is 7.52 Å². The zero-order valence-corrected chi connectivity index (χ0v) is 11.1. The molecule has 0 saturated carbocycles. The molecule has 1 aliphatic rings. The SMILES string of the molecule is C=CCP1(=O)OC(C)CCN1C(C)(C)C. The summed E-state index contributed by atoms with van der Waals surface area (Å²) in [5.41, 5.74) is -0.112. The second-order valence-electron chi connectivity index (χ2n) is 5.11. The number of nitrogens with zero attached hydrogens (tertiary/aromatic N) is 1. The van der Waals surface area contributed by atoms with Gasteiger partial charge in [-0.15, -0.1) is 6.58 Å². The summed E-state index contributed by atoms with van der Waals surface area (Å²) >= 11 is 0. The van der Waals surface area contributed by atoms with Crippen molar-refractivity contribution in [3.63, 3.8) is 0 Å². The van der Waals surface area contributed by atoms with Crippen molar-refractivity contribution in [2.45, 2.75) is 45.8 Å². The first-order valence-corrected chi connectivity index (χ1v) is 7.22. The van der Waals surface area contributed by atoms with Gasteiger partial charge in [0.15, 0.2) is 0 Å². The van der Waals surface area contributed by atoms with E-state index in [0.29, 0.717) is 6.16 Å². The third-order valence-corrected chi connectivity index (χ3v) is 5.54. The molecule has 1 saturated heterocycles. The van der Waals surface area contributed by atoms with Crippen molar-refractivity contribution in [2.24, 2.45) is 0 Å². The summed E-state index contributed by atoms with van der Waals surface area (Å²) in [6, 6.07) is 0. The van der Waals surface area contributed by atoms with Gasteiger partial charge in [0.25, 0.3) is 7.52 Å². The van der Waals surface area contributed by atoms with Crippen LogP contribution >= 0.6 is 7.52 Å². The highest BCUT2D eigenvalue weighted by atomic mass is 31.2. The summed E-state index contributed by atoms with van der Waals surface area (Å²) in [6.07, 6.45) is 3.17. The molecule has 0 aromatic rings. The van der Waals surface area contributed by atoms with Gasteiger partial charge in [-0.3, -0.25) is 4.57 Å². The summed E-state index contributed by atoms with van der Waals surface area (Å²) in [5.74, 6) is 0. The summed E-state index contributed by atoms with van der Waals surface area (Å²) in [6.45, 7) is 12.7. The summed E-state index contributed by atoms with van der Waals surface area (Å²) in [7, 11) is -2.69. The second kappa shape index (κ2) is 4.40. The highest BCUT2D eigenvalue weighted by Gasteiger charge is 2.42. The van der Waals surface area contributed by atoms with E-state index in [1.165, 1.54) is 0 Å². The molecular weight excluding hydrogens is 209 g/mol. The molecule has 1 rings (SSSR count). The Morgan fingerprint density at radius 1 is 1.60 bits per heavy atom. The molecule has 1 heterocycles. The van der Waals surface area contributed by atoms with Crippen LogP contribution in [0.15, 0.2) is 12.7 Å². The first kappa shape index (κ1) is 13.0. The van der Waals surface area contributed by atoms with Crippen LogP contribution in [0.25, 0.3) is 0 Å². The fourth-order valence-electron chi connectivity index (χ4n) is 1.94. The molecular formula is C11H22NO2P. The Kier molecular flexibility index (Phi) is 3.80. The van der Waals surface area contributed by atoms with Crippen molar-refractivity contribution in [3.05, 3.63) is 12.7 Å². The lowest BCUT2D eigenvalue weighted by Gasteiger charge is -2.45. The van der Waals surface area contributed by atoms with Gasteiger partial charge in [-0.05, 0) is 34.1 Å². The van der Waals surface area contributed by atoms with Crippen LogP contribution in [0, 0.1) is 0 Å². The largest absolute Gasteiger partial charge is 0.314 e. The Bertz CT molecular complexity index is 283. The van der Waals surface area contributed by atoms with Crippen molar-refractivity contribution in [1.29, 1.82) is 0 Å². The normalized spacial score (nSPS) is 34.0. The first-order valence-electron chi connectivity index (χ1n) is 5.46. The fourth-order valence-corrected chi connectivity index (χ4v) is 4.67. The Morgan fingerprint density at radius 3 is 2.67 bits per heavy atom. The zero-order valence-electron chi connectivity index (χ0n) is 10.2. The van der Waals surface area contributed by atoms with Crippen LogP contribution < -0.4 is 0 Å². The molecule has 4 heteroatoms. The molecule has 0 spiro atoms. The third kappa shape index (κ3) is 2.93. The average Bonchev–Trinajstić information content (AvgIpc) is 2.00. The monoisotopic (exact) mass is 231 g/mol. The Morgan fingerprint density at radius 2 is 2.20 bits per heavy atom. The highest BCUT2D eigenvalue weighted by Crippen LogP contribution is 2.57. The van der Waals surface area contributed by atoms with Gasteiger partial charge < -0.3 is 4.52 Å². The quantitative estimate of drug-likeness (QED) is 0.539. The molecule has 88 valence electrons. The van der Waals surface area contributed by atoms with Gasteiger partial charge >= 0.3 is 0 Å². The molecule has 2 unspecified atom stereocenters. The van der Waals surface area contributed by atoms with Crippen LogP contribution in [0.3, 0.4) is 0 Å². The van der Waals surface area contributed by atoms with Gasteiger partial charge in [0, 0.05) is 12.1 Å². The lowest BCUT2D eigenvalue weighted by Crippen LogP contribution is -2.44. The third-order valence-electron chi connectivity index (χ3n) is 2.59. The zero-order chi connectivity index (χ0) is 11.7. The van der Waals surface area contributed by atoms with Crippen LogP contribution in [0.5, 0.6) is 0 Å². The van der Waals surface area contributed by atoms with E-state index in [2.05, 4.69) is 27.4 Å². The van der Waals surface area contributed by atoms with Crippen LogP contribution in [-0.2, 0) is 9.09 Å². The van der Waals surface area contributed by atoms with Gasteiger partial charge in [0.05, 0.1) is 12.3 Å². The lowest BCUT2D eigenvalue weighted by molar-refractivity contribution is 0.101. The van der Waals surface area contributed by atoms with Crippen molar-refractivity contribution < 1.29 is 9.09 Å². The molecule has 0 aliphatic carbocycles. The second-order valence-corrected chi connectivity index (χ2v) is 7.44. The summed E-state index contributed by atoms with van der Waals surface area (Å²) in [5, 5.41) is 0. The van der Waals surface area contributed by atoms with Crippen molar-refractivity contribution in [1.82, 2.24) is 4.67 Å². The molecule has 2 atom stereocenters. The van der Waals surface area contributed by atoms with E-state index in [0.717, 1.165) is 13.0 Å². The van der Waals surface area contributed by atoms with Crippen LogP contribution in [0.2, 0.25) is 0 Å². The van der Waals surface area contributed by atoms with Crippen LogP contribution in [-0.4, -0.2) is 29.0 Å². The van der Waals surface area contributed by atoms with E-state index in [1.54, 1.807) is 6.08 Å². The van der Waals surface area contributed by atoms with Gasteiger partial charge in [0.2, 0.25) is 0 Å². The van der Waals surface area contributed by atoms with Gasteiger partial charge in [-0.2, -0.15) is 0 Å². The molecule has 0 aromatic heterocycles. The number of rotatable bonds is 2. The lowest BCUT2D eigenvalue weighted by atomic mass is 10.1. The minimum absolute atomic E-state index is 0.0920. The molecule has 0 radical (unpaired) electrons. The van der Waals surface area contributed by atoms with Crippen LogP contribution in [0.1, 0.15) is 34.1 Å². The molecule has 0 bridgehead atoms. The maximum absolute atomic E-state index is 12.7. The molecule has 3 nitrogen and oxygen atoms in total. The standard InChI is InChI=1S/C11H22NO2P/c1-6-9-15(13)12(11(3,4)5)8-7-10(2)14-15/h6,10H,1,7-9H2,2-5H3. The maximum atomic E-state index is 12.7. The molecule has 1 fully saturated rings. The van der Waals surface area contributed by atoms with Crippen molar-refractivity contribution >= 4 is 7.52 Å². The minimum atomic E-state index is -2.69. The number of allylic oxidation sites excluding steroid dienone is 1. The van der Waals surface area contributed by atoms with Crippen LogP contribution in [0.4, 0.5) is 0 Å². The van der Waals surface area contributed by atoms with E-state index in [4.69, 9.17) is 4.52 Å². The predicted molar refractivity (Wildman–Crippen MR) is 64.3 cm³/mol. The molecule has 0 N–H and O–H groups in total. The maximum Gasteiger partial charge on any atom is 0.276 e. The van der Waals surface area contributed by atoms with E-state index in [1.807, 2.05) is 11.6 Å². The Labute approximate surface area is 93.0 Å². The first-order chi connectivity index (χ1) is 6.79. The van der Waals surface area contributed by atoms with Gasteiger partial charge in [-0.1, -0.05) is 6.08 Å². The Balaban J connectivity index is 2.94. The van der Waals surface area contributed by atoms with Crippen molar-refractivity contribution in [2.75, 3.05) is 12.7 Å². The van der Waals surface area contributed by atoms with E-state index in [-0.39, 0.29) is 11.6 Å². The van der Waals surface area contributed by atoms with E-state index in [9.17, 15) is 4.57 Å². The number of hydrogen-bond acceptors (Lipinski definition) is 2. The molecule has 0 amide bonds. The predicted octanol–water partition coefficient (Wildman–Crippen LogP) is 3.27. The highest BCUT2D eigenvalue weighted by molar-refractivity contribution is 7.56. The summed E-state index contributed by atoms with van der Waals surface area (Å²) in [4.78, 5) is 0. The topological polar surface area (TPSA) is 29.5 Å². The van der Waals surface area contributed by atoms with Gasteiger partial charge in [0.1, 0.15) is 0 Å². The molecule has 15 heavy (non-hydrogen) atoms. The minimum Gasteiger partial charge on any atom is -0.314 e.